The Kier molecular flexibility index (Phi) is 3.82. The molecule has 1 aromatic carbocycles. The molecule has 1 aromatic rings. The Labute approximate surface area is 104 Å². The van der Waals surface area contributed by atoms with E-state index < -0.39 is 0 Å². The molecule has 1 aliphatic rings. The van der Waals surface area contributed by atoms with Gasteiger partial charge < -0.3 is 10.2 Å². The van der Waals surface area contributed by atoms with Crippen LogP contribution >= 0.6 is 15.9 Å². The van der Waals surface area contributed by atoms with E-state index in [4.69, 9.17) is 0 Å². The zero-order chi connectivity index (χ0) is 11.5. The first kappa shape index (κ1) is 11.9. The number of hydrogen-bond donors (Lipinski definition) is 1. The van der Waals surface area contributed by atoms with E-state index in [1.165, 1.54) is 6.07 Å². The van der Waals surface area contributed by atoms with Crippen LogP contribution in [0, 0.1) is 5.82 Å². The quantitative estimate of drug-likeness (QED) is 0.899. The molecule has 1 N–H and O–H groups in total. The van der Waals surface area contributed by atoms with E-state index in [9.17, 15) is 4.39 Å². The fourth-order valence-electron chi connectivity index (χ4n) is 2.14. The summed E-state index contributed by atoms with van der Waals surface area (Å²) in [5.41, 5.74) is 0.967. The van der Waals surface area contributed by atoms with Crippen LogP contribution in [0.4, 0.5) is 10.1 Å². The van der Waals surface area contributed by atoms with Crippen molar-refractivity contribution in [3.63, 3.8) is 0 Å². The van der Waals surface area contributed by atoms with Crippen LogP contribution in [-0.4, -0.2) is 26.2 Å². The molecule has 0 atom stereocenters. The lowest BCUT2D eigenvalue weighted by Crippen LogP contribution is -2.41. The average molecular weight is 287 g/mol. The van der Waals surface area contributed by atoms with Gasteiger partial charge in [0, 0.05) is 23.6 Å². The summed E-state index contributed by atoms with van der Waals surface area (Å²) < 4.78 is 14.2. The number of anilines is 1. The lowest BCUT2D eigenvalue weighted by molar-refractivity contribution is 0.442. The molecule has 2 rings (SSSR count). The predicted molar refractivity (Wildman–Crippen MR) is 68.4 cm³/mol. The van der Waals surface area contributed by atoms with Crippen molar-refractivity contribution < 1.29 is 4.39 Å². The second-order valence-electron chi connectivity index (χ2n) is 4.15. The molecule has 0 spiro atoms. The van der Waals surface area contributed by atoms with E-state index in [0.717, 1.165) is 36.1 Å². The highest BCUT2D eigenvalue weighted by molar-refractivity contribution is 9.10. The maximum Gasteiger partial charge on any atom is 0.125 e. The van der Waals surface area contributed by atoms with Gasteiger partial charge in [0.15, 0.2) is 0 Å². The second-order valence-corrected chi connectivity index (χ2v) is 5.00. The highest BCUT2D eigenvalue weighted by Crippen LogP contribution is 2.29. The first-order valence-electron chi connectivity index (χ1n) is 5.58. The van der Waals surface area contributed by atoms with Crippen LogP contribution in [0.15, 0.2) is 22.7 Å². The summed E-state index contributed by atoms with van der Waals surface area (Å²) in [4.78, 5) is 2.24. The van der Waals surface area contributed by atoms with Crippen molar-refractivity contribution in [2.75, 3.05) is 25.0 Å². The normalized spacial score (nSPS) is 17.8. The molecule has 1 aliphatic heterocycles. The molecule has 16 heavy (non-hydrogen) atoms. The molecule has 0 amide bonds. The van der Waals surface area contributed by atoms with Crippen molar-refractivity contribution in [3.05, 3.63) is 28.5 Å². The minimum atomic E-state index is -0.172. The SMILES string of the molecule is CNC1CCN(c2cc(F)ccc2Br)CC1. The van der Waals surface area contributed by atoms with Gasteiger partial charge in [0.1, 0.15) is 5.82 Å². The number of hydrogen-bond acceptors (Lipinski definition) is 2. The van der Waals surface area contributed by atoms with Crippen molar-refractivity contribution in [1.29, 1.82) is 0 Å². The summed E-state index contributed by atoms with van der Waals surface area (Å²) in [6, 6.07) is 5.45. The lowest BCUT2D eigenvalue weighted by Gasteiger charge is -2.34. The number of rotatable bonds is 2. The van der Waals surface area contributed by atoms with E-state index in [0.29, 0.717) is 6.04 Å². The molecule has 88 valence electrons. The largest absolute Gasteiger partial charge is 0.370 e. The molecule has 1 heterocycles. The molecule has 2 nitrogen and oxygen atoms in total. The summed E-state index contributed by atoms with van der Waals surface area (Å²) in [6.45, 7) is 1.96. The third-order valence-electron chi connectivity index (χ3n) is 3.15. The van der Waals surface area contributed by atoms with Crippen molar-refractivity contribution in [3.8, 4) is 0 Å². The lowest BCUT2D eigenvalue weighted by atomic mass is 10.0. The van der Waals surface area contributed by atoms with Gasteiger partial charge in [-0.25, -0.2) is 4.39 Å². The minimum absolute atomic E-state index is 0.172. The molecule has 1 saturated heterocycles. The van der Waals surface area contributed by atoms with Gasteiger partial charge in [0.2, 0.25) is 0 Å². The van der Waals surface area contributed by atoms with Gasteiger partial charge in [0.05, 0.1) is 5.69 Å². The molecule has 0 aliphatic carbocycles. The third-order valence-corrected chi connectivity index (χ3v) is 3.82. The Morgan fingerprint density at radius 3 is 2.69 bits per heavy atom. The van der Waals surface area contributed by atoms with Gasteiger partial charge in [-0.3, -0.25) is 0 Å². The summed E-state index contributed by atoms with van der Waals surface area (Å²) >= 11 is 3.47. The molecular weight excluding hydrogens is 271 g/mol. The molecule has 0 bridgehead atoms. The summed E-state index contributed by atoms with van der Waals surface area (Å²) in [7, 11) is 2.00. The average Bonchev–Trinajstić information content (AvgIpc) is 2.32. The van der Waals surface area contributed by atoms with Crippen LogP contribution in [0.5, 0.6) is 0 Å². The van der Waals surface area contributed by atoms with Crippen LogP contribution in [-0.2, 0) is 0 Å². The van der Waals surface area contributed by atoms with Crippen LogP contribution < -0.4 is 10.2 Å². The van der Waals surface area contributed by atoms with Crippen molar-refractivity contribution in [2.45, 2.75) is 18.9 Å². The zero-order valence-electron chi connectivity index (χ0n) is 9.34. The number of piperidine rings is 1. The number of nitrogens with zero attached hydrogens (tertiary/aromatic N) is 1. The molecular formula is C12H16BrFN2. The van der Waals surface area contributed by atoms with E-state index in [-0.39, 0.29) is 5.82 Å². The van der Waals surface area contributed by atoms with Crippen LogP contribution in [0.2, 0.25) is 0 Å². The maximum atomic E-state index is 13.2. The van der Waals surface area contributed by atoms with Crippen LogP contribution in [0.3, 0.4) is 0 Å². The molecule has 0 aromatic heterocycles. The van der Waals surface area contributed by atoms with Crippen molar-refractivity contribution in [2.24, 2.45) is 0 Å². The van der Waals surface area contributed by atoms with Gasteiger partial charge in [-0.05, 0) is 54.0 Å². The third kappa shape index (κ3) is 2.55. The van der Waals surface area contributed by atoms with Crippen LogP contribution in [0.1, 0.15) is 12.8 Å². The highest BCUT2D eigenvalue weighted by atomic mass is 79.9. The molecule has 4 heteroatoms. The van der Waals surface area contributed by atoms with Gasteiger partial charge in [0.25, 0.3) is 0 Å². The number of benzene rings is 1. The Hall–Kier alpha value is -0.610. The Morgan fingerprint density at radius 1 is 1.38 bits per heavy atom. The van der Waals surface area contributed by atoms with Gasteiger partial charge in [-0.1, -0.05) is 0 Å². The molecule has 0 unspecified atom stereocenters. The Morgan fingerprint density at radius 2 is 2.06 bits per heavy atom. The van der Waals surface area contributed by atoms with Gasteiger partial charge in [-0.15, -0.1) is 0 Å². The summed E-state index contributed by atoms with van der Waals surface area (Å²) in [5, 5.41) is 3.29. The fourth-order valence-corrected chi connectivity index (χ4v) is 2.63. The van der Waals surface area contributed by atoms with E-state index in [1.54, 1.807) is 12.1 Å². The van der Waals surface area contributed by atoms with Crippen LogP contribution in [0.25, 0.3) is 0 Å². The zero-order valence-corrected chi connectivity index (χ0v) is 10.9. The summed E-state index contributed by atoms with van der Waals surface area (Å²) in [6.07, 6.45) is 2.22. The maximum absolute atomic E-state index is 13.2. The smallest absolute Gasteiger partial charge is 0.125 e. The van der Waals surface area contributed by atoms with E-state index in [1.807, 2.05) is 7.05 Å². The number of halogens is 2. The van der Waals surface area contributed by atoms with Gasteiger partial charge >= 0.3 is 0 Å². The van der Waals surface area contributed by atoms with E-state index in [2.05, 4.69) is 26.1 Å². The number of nitrogens with one attached hydrogen (secondary N) is 1. The second kappa shape index (κ2) is 5.15. The molecule has 0 radical (unpaired) electrons. The monoisotopic (exact) mass is 286 g/mol. The molecule has 1 fully saturated rings. The topological polar surface area (TPSA) is 15.3 Å². The van der Waals surface area contributed by atoms with Gasteiger partial charge in [-0.2, -0.15) is 0 Å². The minimum Gasteiger partial charge on any atom is -0.370 e. The summed E-state index contributed by atoms with van der Waals surface area (Å²) in [5.74, 6) is -0.172. The van der Waals surface area contributed by atoms with Crippen molar-refractivity contribution >= 4 is 21.6 Å². The first-order valence-corrected chi connectivity index (χ1v) is 6.37. The Balaban J connectivity index is 2.10. The van der Waals surface area contributed by atoms with Crippen molar-refractivity contribution in [1.82, 2.24) is 5.32 Å². The van der Waals surface area contributed by atoms with E-state index >= 15 is 0 Å². The first-order chi connectivity index (χ1) is 7.70. The standard InChI is InChI=1S/C12H16BrFN2/c1-15-10-4-6-16(7-5-10)12-8-9(14)2-3-11(12)13/h2-3,8,10,15H,4-7H2,1H3. The predicted octanol–water partition coefficient (Wildman–Crippen LogP) is 2.78. The Bertz CT molecular complexity index is 362. The highest BCUT2D eigenvalue weighted by Gasteiger charge is 2.19. The fraction of sp³-hybridized carbons (Fsp3) is 0.500. The molecule has 0 saturated carbocycles.